The van der Waals surface area contributed by atoms with Crippen molar-refractivity contribution in [1.29, 1.82) is 0 Å². The van der Waals surface area contributed by atoms with E-state index >= 15 is 0 Å². The Kier molecular flexibility index (Phi) is 2.10. The summed E-state index contributed by atoms with van der Waals surface area (Å²) in [4.78, 5) is 10.9. The van der Waals surface area contributed by atoms with Crippen molar-refractivity contribution in [3.05, 3.63) is 11.6 Å². The Morgan fingerprint density at radius 3 is 2.80 bits per heavy atom. The quantitative estimate of drug-likeness (QED) is 0.409. The molecule has 10 heavy (non-hydrogen) atoms. The fraction of sp³-hybridized carbons (Fsp3) is 0.625. The molecule has 0 aliphatic carbocycles. The first-order valence-electron chi connectivity index (χ1n) is 3.64. The molecule has 1 aliphatic rings. The second-order valence-electron chi connectivity index (χ2n) is 2.45. The van der Waals surface area contributed by atoms with Crippen LogP contribution >= 0.6 is 0 Å². The number of hydrogen-bond acceptors (Lipinski definition) is 2. The number of carbonyl (C=O) groups is 1. The van der Waals surface area contributed by atoms with Crippen molar-refractivity contribution >= 4 is 5.97 Å². The third kappa shape index (κ3) is 1.20. The standard InChI is InChI=1S/C8H12O2/c1-3-6-5-7(4-2)10-8(6)9/h3,7H,4-5H2,1-2H3. The molecule has 0 aromatic heterocycles. The molecule has 0 saturated carbocycles. The van der Waals surface area contributed by atoms with Crippen molar-refractivity contribution in [3.8, 4) is 0 Å². The maximum absolute atomic E-state index is 10.9. The molecule has 2 nitrogen and oxygen atoms in total. The van der Waals surface area contributed by atoms with Crippen molar-refractivity contribution in [1.82, 2.24) is 0 Å². The van der Waals surface area contributed by atoms with E-state index in [9.17, 15) is 4.79 Å². The van der Waals surface area contributed by atoms with Crippen molar-refractivity contribution in [2.45, 2.75) is 32.8 Å². The van der Waals surface area contributed by atoms with Crippen LogP contribution in [-0.4, -0.2) is 12.1 Å². The van der Waals surface area contributed by atoms with Gasteiger partial charge in [-0.3, -0.25) is 0 Å². The van der Waals surface area contributed by atoms with Crippen LogP contribution in [0.3, 0.4) is 0 Å². The Bertz CT molecular complexity index is 170. The predicted molar refractivity (Wildman–Crippen MR) is 38.5 cm³/mol. The highest BCUT2D eigenvalue weighted by Gasteiger charge is 2.26. The molecular formula is C8H12O2. The minimum atomic E-state index is -0.130. The van der Waals surface area contributed by atoms with Crippen LogP contribution in [-0.2, 0) is 9.53 Å². The minimum Gasteiger partial charge on any atom is -0.459 e. The van der Waals surface area contributed by atoms with Crippen molar-refractivity contribution in [2.24, 2.45) is 0 Å². The van der Waals surface area contributed by atoms with Gasteiger partial charge in [0, 0.05) is 12.0 Å². The monoisotopic (exact) mass is 140 g/mol. The number of carbonyl (C=O) groups excluding carboxylic acids is 1. The zero-order valence-corrected chi connectivity index (χ0v) is 6.39. The molecule has 0 radical (unpaired) electrons. The maximum Gasteiger partial charge on any atom is 0.334 e. The van der Waals surface area contributed by atoms with Crippen LogP contribution in [0.1, 0.15) is 26.7 Å². The van der Waals surface area contributed by atoms with E-state index in [0.717, 1.165) is 18.4 Å². The van der Waals surface area contributed by atoms with Crippen LogP contribution < -0.4 is 0 Å². The highest BCUT2D eigenvalue weighted by atomic mass is 16.5. The third-order valence-electron chi connectivity index (χ3n) is 1.79. The molecule has 1 atom stereocenters. The number of hydrogen-bond donors (Lipinski definition) is 0. The van der Waals surface area contributed by atoms with Gasteiger partial charge in [-0.05, 0) is 13.3 Å². The molecule has 56 valence electrons. The summed E-state index contributed by atoms with van der Waals surface area (Å²) >= 11 is 0. The summed E-state index contributed by atoms with van der Waals surface area (Å²) in [6.07, 6.45) is 3.69. The summed E-state index contributed by atoms with van der Waals surface area (Å²) in [7, 11) is 0. The number of ether oxygens (including phenoxy) is 1. The first kappa shape index (κ1) is 7.32. The molecule has 1 fully saturated rings. The van der Waals surface area contributed by atoms with E-state index in [2.05, 4.69) is 0 Å². The Morgan fingerprint density at radius 1 is 1.80 bits per heavy atom. The molecule has 1 unspecified atom stereocenters. The molecule has 0 N–H and O–H groups in total. The van der Waals surface area contributed by atoms with Gasteiger partial charge in [0.25, 0.3) is 0 Å². The van der Waals surface area contributed by atoms with Crippen LogP contribution in [0.5, 0.6) is 0 Å². The Balaban J connectivity index is 2.61. The van der Waals surface area contributed by atoms with Crippen LogP contribution in [0.4, 0.5) is 0 Å². The SMILES string of the molecule is CC=C1CC(CC)OC1=O. The molecular weight excluding hydrogens is 128 g/mol. The summed E-state index contributed by atoms with van der Waals surface area (Å²) in [5.74, 6) is -0.130. The first-order valence-corrected chi connectivity index (χ1v) is 3.64. The second-order valence-corrected chi connectivity index (χ2v) is 2.45. The normalized spacial score (nSPS) is 29.2. The molecule has 0 bridgehead atoms. The van der Waals surface area contributed by atoms with Gasteiger partial charge in [-0.2, -0.15) is 0 Å². The van der Waals surface area contributed by atoms with Gasteiger partial charge in [-0.15, -0.1) is 0 Å². The van der Waals surface area contributed by atoms with Crippen LogP contribution in [0.25, 0.3) is 0 Å². The molecule has 1 heterocycles. The summed E-state index contributed by atoms with van der Waals surface area (Å²) in [5.41, 5.74) is 0.826. The third-order valence-corrected chi connectivity index (χ3v) is 1.79. The van der Waals surface area contributed by atoms with Gasteiger partial charge in [0.2, 0.25) is 0 Å². The lowest BCUT2D eigenvalue weighted by atomic mass is 10.1. The van der Waals surface area contributed by atoms with E-state index in [4.69, 9.17) is 4.74 Å². The van der Waals surface area contributed by atoms with E-state index in [1.807, 2.05) is 19.9 Å². The maximum atomic E-state index is 10.9. The highest BCUT2D eigenvalue weighted by molar-refractivity contribution is 5.90. The summed E-state index contributed by atoms with van der Waals surface area (Å²) in [5, 5.41) is 0. The largest absolute Gasteiger partial charge is 0.459 e. The van der Waals surface area contributed by atoms with Crippen molar-refractivity contribution in [3.63, 3.8) is 0 Å². The van der Waals surface area contributed by atoms with E-state index in [0.29, 0.717) is 0 Å². The zero-order valence-electron chi connectivity index (χ0n) is 6.39. The van der Waals surface area contributed by atoms with Gasteiger partial charge in [0.1, 0.15) is 6.10 Å². The number of rotatable bonds is 1. The summed E-state index contributed by atoms with van der Waals surface area (Å²) in [6, 6.07) is 0. The smallest absolute Gasteiger partial charge is 0.334 e. The number of allylic oxidation sites excluding steroid dienone is 1. The van der Waals surface area contributed by atoms with Gasteiger partial charge < -0.3 is 4.74 Å². The molecule has 0 aromatic carbocycles. The second kappa shape index (κ2) is 2.86. The fourth-order valence-electron chi connectivity index (χ4n) is 1.06. The Labute approximate surface area is 60.9 Å². The highest BCUT2D eigenvalue weighted by Crippen LogP contribution is 2.21. The average molecular weight is 140 g/mol. The Morgan fingerprint density at radius 2 is 2.50 bits per heavy atom. The van der Waals surface area contributed by atoms with Gasteiger partial charge in [0.15, 0.2) is 0 Å². The number of esters is 1. The minimum absolute atomic E-state index is 0.130. The zero-order chi connectivity index (χ0) is 7.56. The predicted octanol–water partition coefficient (Wildman–Crippen LogP) is 1.66. The molecule has 1 aliphatic heterocycles. The fourth-order valence-corrected chi connectivity index (χ4v) is 1.06. The van der Waals surface area contributed by atoms with Gasteiger partial charge in [-0.1, -0.05) is 13.0 Å². The Hall–Kier alpha value is -0.790. The van der Waals surface area contributed by atoms with E-state index < -0.39 is 0 Å². The van der Waals surface area contributed by atoms with Crippen LogP contribution in [0.15, 0.2) is 11.6 Å². The number of cyclic esters (lactones) is 1. The lowest BCUT2D eigenvalue weighted by Crippen LogP contribution is -2.03. The topological polar surface area (TPSA) is 26.3 Å². The van der Waals surface area contributed by atoms with Gasteiger partial charge in [0.05, 0.1) is 0 Å². The molecule has 0 spiro atoms. The first-order chi connectivity index (χ1) is 4.77. The summed E-state index contributed by atoms with van der Waals surface area (Å²) < 4.78 is 5.01. The van der Waals surface area contributed by atoms with Crippen LogP contribution in [0.2, 0.25) is 0 Å². The van der Waals surface area contributed by atoms with Crippen molar-refractivity contribution in [2.75, 3.05) is 0 Å². The van der Waals surface area contributed by atoms with Crippen molar-refractivity contribution < 1.29 is 9.53 Å². The molecule has 0 amide bonds. The molecule has 1 rings (SSSR count). The average Bonchev–Trinajstić information content (AvgIpc) is 2.30. The van der Waals surface area contributed by atoms with E-state index in [1.165, 1.54) is 0 Å². The molecule has 0 aromatic rings. The van der Waals surface area contributed by atoms with E-state index in [1.54, 1.807) is 0 Å². The van der Waals surface area contributed by atoms with Gasteiger partial charge >= 0.3 is 5.97 Å². The molecule has 2 heteroatoms. The van der Waals surface area contributed by atoms with E-state index in [-0.39, 0.29) is 12.1 Å². The summed E-state index contributed by atoms with van der Waals surface area (Å²) in [6.45, 7) is 3.89. The lowest BCUT2D eigenvalue weighted by Gasteiger charge is -2.01. The molecule has 1 saturated heterocycles. The van der Waals surface area contributed by atoms with Gasteiger partial charge in [-0.25, -0.2) is 4.79 Å². The lowest BCUT2D eigenvalue weighted by molar-refractivity contribution is -0.138. The van der Waals surface area contributed by atoms with Crippen LogP contribution in [0, 0.1) is 0 Å².